The van der Waals surface area contributed by atoms with E-state index in [0.29, 0.717) is 12.4 Å². The summed E-state index contributed by atoms with van der Waals surface area (Å²) in [7, 11) is 0. The first-order valence-electron chi connectivity index (χ1n) is 5.44. The van der Waals surface area contributed by atoms with E-state index >= 15 is 0 Å². The van der Waals surface area contributed by atoms with Gasteiger partial charge in [0.05, 0.1) is 0 Å². The van der Waals surface area contributed by atoms with Gasteiger partial charge in [0.25, 0.3) is 0 Å². The van der Waals surface area contributed by atoms with Crippen molar-refractivity contribution in [3.05, 3.63) is 21.8 Å². The minimum Gasteiger partial charge on any atom is -0.386 e. The van der Waals surface area contributed by atoms with Gasteiger partial charge in [-0.1, -0.05) is 31.8 Å². The molecule has 17 heavy (non-hydrogen) atoms. The first-order valence-corrected chi connectivity index (χ1v) is 5.44. The summed E-state index contributed by atoms with van der Waals surface area (Å²) in [5, 5.41) is 9.53. The molecule has 0 amide bonds. The van der Waals surface area contributed by atoms with E-state index < -0.39 is 5.76 Å². The second-order valence-electron chi connectivity index (χ2n) is 4.29. The molecule has 0 spiro atoms. The van der Waals surface area contributed by atoms with Gasteiger partial charge in [-0.25, -0.2) is 10.3 Å². The summed E-state index contributed by atoms with van der Waals surface area (Å²) in [4.78, 5) is 13.3. The number of hydrazone groups is 1. The van der Waals surface area contributed by atoms with Gasteiger partial charge in [0.15, 0.2) is 5.82 Å². The van der Waals surface area contributed by atoms with E-state index in [2.05, 4.69) is 30.7 Å². The summed E-state index contributed by atoms with van der Waals surface area (Å²) >= 11 is 0. The predicted octanol–water partition coefficient (Wildman–Crippen LogP) is 0.545. The van der Waals surface area contributed by atoms with Crippen LogP contribution in [0.15, 0.2) is 14.4 Å². The van der Waals surface area contributed by atoms with Crippen LogP contribution >= 0.6 is 0 Å². The molecule has 8 nitrogen and oxygen atoms in total. The molecule has 0 bridgehead atoms. The molecule has 2 N–H and O–H groups in total. The molecule has 0 radical (unpaired) electrons. The van der Waals surface area contributed by atoms with Crippen LogP contribution in [0.5, 0.6) is 0 Å². The molecule has 0 aliphatic carbocycles. The summed E-state index contributed by atoms with van der Waals surface area (Å²) < 4.78 is 4.45. The maximum Gasteiger partial charge on any atom is 0.438 e. The van der Waals surface area contributed by atoms with Gasteiger partial charge in [-0.3, -0.25) is 9.51 Å². The minimum atomic E-state index is -0.544. The van der Waals surface area contributed by atoms with Crippen LogP contribution in [0.2, 0.25) is 0 Å². The van der Waals surface area contributed by atoms with Crippen molar-refractivity contribution in [3.8, 4) is 0 Å². The van der Waals surface area contributed by atoms with Crippen LogP contribution in [0.4, 0.5) is 0 Å². The summed E-state index contributed by atoms with van der Waals surface area (Å²) in [5.41, 5.74) is 6.88. The molecule has 1 atom stereocenters. The Morgan fingerprint density at radius 3 is 2.76 bits per heavy atom. The second kappa shape index (κ2) is 4.58. The molecular formula is C9H15N6O2-. The zero-order valence-corrected chi connectivity index (χ0v) is 9.97. The SMILES string of the molecule is CC(C)C1=NN(CC(C)c2noc(=O)[nH]2)N[N-]1. The van der Waals surface area contributed by atoms with Crippen molar-refractivity contribution >= 4 is 5.84 Å². The molecule has 0 saturated heterocycles. The Morgan fingerprint density at radius 1 is 1.47 bits per heavy atom. The fourth-order valence-electron chi connectivity index (χ4n) is 1.40. The number of hydrogen-bond acceptors (Lipinski definition) is 6. The van der Waals surface area contributed by atoms with Gasteiger partial charge in [0, 0.05) is 12.5 Å². The molecule has 94 valence electrons. The Hall–Kier alpha value is -1.83. The van der Waals surface area contributed by atoms with E-state index in [1.54, 1.807) is 5.12 Å². The van der Waals surface area contributed by atoms with Gasteiger partial charge in [-0.05, 0) is 5.92 Å². The maximum atomic E-state index is 10.8. The van der Waals surface area contributed by atoms with Crippen LogP contribution in [0.3, 0.4) is 0 Å². The molecular weight excluding hydrogens is 224 g/mol. The predicted molar refractivity (Wildman–Crippen MR) is 61.0 cm³/mol. The van der Waals surface area contributed by atoms with Crippen molar-refractivity contribution in [2.45, 2.75) is 26.7 Å². The Balaban J connectivity index is 1.96. The molecule has 0 aromatic carbocycles. The lowest BCUT2D eigenvalue weighted by Gasteiger charge is -2.23. The summed E-state index contributed by atoms with van der Waals surface area (Å²) in [5.74, 6) is 0.974. The van der Waals surface area contributed by atoms with E-state index in [0.717, 1.165) is 5.84 Å². The highest BCUT2D eigenvalue weighted by Crippen LogP contribution is 2.15. The number of amidine groups is 1. The Kier molecular flexibility index (Phi) is 3.14. The summed E-state index contributed by atoms with van der Waals surface area (Å²) in [6.45, 7) is 6.50. The zero-order valence-electron chi connectivity index (χ0n) is 9.97. The van der Waals surface area contributed by atoms with Gasteiger partial charge in [0.1, 0.15) is 0 Å². The first-order chi connectivity index (χ1) is 8.06. The summed E-state index contributed by atoms with van der Waals surface area (Å²) in [6, 6.07) is 0. The minimum absolute atomic E-state index is 0.0144. The van der Waals surface area contributed by atoms with Crippen molar-refractivity contribution in [2.75, 3.05) is 6.54 Å². The van der Waals surface area contributed by atoms with E-state index in [1.165, 1.54) is 0 Å². The number of aromatic amines is 1. The third kappa shape index (κ3) is 2.64. The normalized spacial score (nSPS) is 17.2. The fourth-order valence-corrected chi connectivity index (χ4v) is 1.40. The van der Waals surface area contributed by atoms with Crippen LogP contribution in [0, 0.1) is 5.92 Å². The number of aromatic nitrogens is 2. The number of rotatable bonds is 4. The molecule has 1 aliphatic heterocycles. The standard InChI is InChI=1S/C9H16N6O2/c1-5(2)7-11-14-15(12-7)4-6(3)8-10-9(16)17-13-8/h5-6,14H,4H2,1-3H3,(H2,10,11,12,13,16)/p-1. The lowest BCUT2D eigenvalue weighted by molar-refractivity contribution is 0.228. The quantitative estimate of drug-likeness (QED) is 0.798. The smallest absolute Gasteiger partial charge is 0.386 e. The summed E-state index contributed by atoms with van der Waals surface area (Å²) in [6.07, 6.45) is 0. The van der Waals surface area contributed by atoms with E-state index in [1.807, 2.05) is 20.8 Å². The Morgan fingerprint density at radius 2 is 2.24 bits per heavy atom. The molecule has 8 heteroatoms. The van der Waals surface area contributed by atoms with Crippen LogP contribution < -0.4 is 11.3 Å². The average Bonchev–Trinajstić information content (AvgIpc) is 2.86. The molecule has 2 rings (SSSR count). The topological polar surface area (TPSA) is 101 Å². The van der Waals surface area contributed by atoms with Crippen molar-refractivity contribution < 1.29 is 4.52 Å². The fraction of sp³-hybridized carbons (Fsp3) is 0.667. The monoisotopic (exact) mass is 239 g/mol. The highest BCUT2D eigenvalue weighted by molar-refractivity contribution is 5.95. The lowest BCUT2D eigenvalue weighted by atomic mass is 10.2. The second-order valence-corrected chi connectivity index (χ2v) is 4.29. The average molecular weight is 239 g/mol. The molecule has 0 fully saturated rings. The molecule has 1 aromatic rings. The van der Waals surface area contributed by atoms with Crippen molar-refractivity contribution in [2.24, 2.45) is 11.0 Å². The van der Waals surface area contributed by atoms with Gasteiger partial charge < -0.3 is 15.6 Å². The van der Waals surface area contributed by atoms with Crippen LogP contribution in [-0.4, -0.2) is 27.6 Å². The third-order valence-electron chi connectivity index (χ3n) is 2.39. The Bertz CT molecular complexity index is 462. The van der Waals surface area contributed by atoms with Crippen LogP contribution in [0.1, 0.15) is 32.5 Å². The lowest BCUT2D eigenvalue weighted by Crippen LogP contribution is -2.29. The number of nitrogens with zero attached hydrogens (tertiary/aromatic N) is 4. The third-order valence-corrected chi connectivity index (χ3v) is 2.39. The maximum absolute atomic E-state index is 10.8. The molecule has 1 unspecified atom stereocenters. The number of hydrogen-bond donors (Lipinski definition) is 2. The highest BCUT2D eigenvalue weighted by atomic mass is 16.5. The number of nitrogens with one attached hydrogen (secondary N) is 2. The van der Waals surface area contributed by atoms with Gasteiger partial charge in [-0.2, -0.15) is 0 Å². The van der Waals surface area contributed by atoms with Crippen LogP contribution in [0.25, 0.3) is 5.43 Å². The molecule has 1 aromatic heterocycles. The van der Waals surface area contributed by atoms with Crippen LogP contribution in [-0.2, 0) is 0 Å². The highest BCUT2D eigenvalue weighted by Gasteiger charge is 2.14. The van der Waals surface area contributed by atoms with Gasteiger partial charge in [0.2, 0.25) is 0 Å². The zero-order chi connectivity index (χ0) is 12.4. The largest absolute Gasteiger partial charge is 0.438 e. The molecule has 0 saturated carbocycles. The van der Waals surface area contributed by atoms with E-state index in [-0.39, 0.29) is 11.8 Å². The number of H-pyrrole nitrogens is 1. The molecule has 1 aliphatic rings. The van der Waals surface area contributed by atoms with Gasteiger partial charge in [-0.15, -0.1) is 0 Å². The van der Waals surface area contributed by atoms with Crippen molar-refractivity contribution in [3.63, 3.8) is 0 Å². The van der Waals surface area contributed by atoms with Crippen molar-refractivity contribution in [1.29, 1.82) is 0 Å². The Labute approximate surface area is 98.0 Å². The van der Waals surface area contributed by atoms with Gasteiger partial charge >= 0.3 is 5.76 Å². The number of hydrazine groups is 1. The van der Waals surface area contributed by atoms with E-state index in [9.17, 15) is 4.79 Å². The van der Waals surface area contributed by atoms with Crippen molar-refractivity contribution in [1.82, 2.24) is 20.8 Å². The van der Waals surface area contributed by atoms with E-state index in [4.69, 9.17) is 0 Å². The first kappa shape index (κ1) is 11.6. The molecule has 2 heterocycles.